The zero-order chi connectivity index (χ0) is 9.97. The van der Waals surface area contributed by atoms with Gasteiger partial charge in [0.2, 0.25) is 4.47 Å². The van der Waals surface area contributed by atoms with Crippen LogP contribution in [-0.4, -0.2) is 10.2 Å². The summed E-state index contributed by atoms with van der Waals surface area (Å²) in [6, 6.07) is 6.41. The molecule has 14 heavy (non-hydrogen) atoms. The molecule has 1 aromatic heterocycles. The molecule has 2 rings (SSSR count). The van der Waals surface area contributed by atoms with Crippen molar-refractivity contribution in [3.63, 3.8) is 0 Å². The van der Waals surface area contributed by atoms with Gasteiger partial charge in [-0.1, -0.05) is 23.5 Å². The Morgan fingerprint density at radius 1 is 1.36 bits per heavy atom. The van der Waals surface area contributed by atoms with Crippen molar-refractivity contribution < 1.29 is 4.39 Å². The van der Waals surface area contributed by atoms with Crippen molar-refractivity contribution in [2.45, 2.75) is 6.42 Å². The van der Waals surface area contributed by atoms with E-state index in [0.717, 1.165) is 10.6 Å². The Morgan fingerprint density at radius 2 is 2.21 bits per heavy atom. The largest absolute Gasteiger partial charge is 0.207 e. The predicted molar refractivity (Wildman–Crippen MR) is 54.1 cm³/mol. The summed E-state index contributed by atoms with van der Waals surface area (Å²) in [7, 11) is 0. The highest BCUT2D eigenvalue weighted by Crippen LogP contribution is 2.18. The van der Waals surface area contributed by atoms with Crippen molar-refractivity contribution in [2.75, 3.05) is 0 Å². The summed E-state index contributed by atoms with van der Waals surface area (Å²) < 4.78 is 13.2. The third-order valence-electron chi connectivity index (χ3n) is 1.69. The first kappa shape index (κ1) is 9.55. The van der Waals surface area contributed by atoms with Crippen LogP contribution >= 0.6 is 22.9 Å². The first-order valence-electron chi connectivity index (χ1n) is 3.96. The van der Waals surface area contributed by atoms with Crippen LogP contribution in [0.1, 0.15) is 10.6 Å². The van der Waals surface area contributed by atoms with Gasteiger partial charge >= 0.3 is 0 Å². The average molecular weight is 229 g/mol. The van der Waals surface area contributed by atoms with Crippen molar-refractivity contribution in [1.29, 1.82) is 0 Å². The summed E-state index contributed by atoms with van der Waals surface area (Å²) in [6.07, 6.45) is 0.572. The molecule has 0 aliphatic carbocycles. The highest BCUT2D eigenvalue weighted by atomic mass is 35.5. The lowest BCUT2D eigenvalue weighted by Gasteiger charge is -1.96. The lowest BCUT2D eigenvalue weighted by Crippen LogP contribution is -1.88. The smallest absolute Gasteiger partial charge is 0.207 e. The zero-order valence-electron chi connectivity index (χ0n) is 7.08. The zero-order valence-corrected chi connectivity index (χ0v) is 8.65. The molecule has 0 atom stereocenters. The Kier molecular flexibility index (Phi) is 2.74. The maximum atomic E-state index is 12.8. The molecule has 0 N–H and O–H groups in total. The average Bonchev–Trinajstić information content (AvgIpc) is 2.51. The molecule has 1 aromatic carbocycles. The van der Waals surface area contributed by atoms with Crippen LogP contribution in [0.5, 0.6) is 0 Å². The molecule has 1 heterocycles. The van der Waals surface area contributed by atoms with E-state index in [2.05, 4.69) is 10.2 Å². The third-order valence-corrected chi connectivity index (χ3v) is 2.71. The van der Waals surface area contributed by atoms with Gasteiger partial charge in [0.05, 0.1) is 0 Å². The molecule has 0 saturated carbocycles. The fraction of sp³-hybridized carbons (Fsp3) is 0.111. The van der Waals surface area contributed by atoms with E-state index in [0.29, 0.717) is 10.9 Å². The predicted octanol–water partition coefficient (Wildman–Crippen LogP) is 2.92. The van der Waals surface area contributed by atoms with Gasteiger partial charge in [-0.05, 0) is 29.3 Å². The van der Waals surface area contributed by atoms with Crippen LogP contribution < -0.4 is 0 Å². The first-order chi connectivity index (χ1) is 6.74. The number of aromatic nitrogens is 2. The Hall–Kier alpha value is -1.000. The molecule has 0 unspecified atom stereocenters. The Labute approximate surface area is 89.4 Å². The van der Waals surface area contributed by atoms with Crippen molar-refractivity contribution in [2.24, 2.45) is 0 Å². The summed E-state index contributed by atoms with van der Waals surface area (Å²) in [5.41, 5.74) is 0.873. The van der Waals surface area contributed by atoms with E-state index in [9.17, 15) is 4.39 Å². The molecule has 5 heteroatoms. The number of nitrogens with zero attached hydrogens (tertiary/aromatic N) is 2. The molecule has 0 aliphatic rings. The van der Waals surface area contributed by atoms with Crippen LogP contribution in [0.3, 0.4) is 0 Å². The molecule has 0 bridgehead atoms. The van der Waals surface area contributed by atoms with Gasteiger partial charge in [-0.25, -0.2) is 4.39 Å². The topological polar surface area (TPSA) is 25.8 Å². The van der Waals surface area contributed by atoms with Crippen LogP contribution in [-0.2, 0) is 6.42 Å². The van der Waals surface area contributed by atoms with Gasteiger partial charge in [-0.2, -0.15) is 0 Å². The van der Waals surface area contributed by atoms with Crippen LogP contribution in [0.2, 0.25) is 4.47 Å². The van der Waals surface area contributed by atoms with Crippen molar-refractivity contribution in [1.82, 2.24) is 10.2 Å². The van der Waals surface area contributed by atoms with Gasteiger partial charge in [-0.3, -0.25) is 0 Å². The SMILES string of the molecule is Fc1cccc(Cc2nnc(Cl)s2)c1. The minimum atomic E-state index is -0.238. The third kappa shape index (κ3) is 2.27. The molecule has 72 valence electrons. The molecule has 0 amide bonds. The molecule has 0 aliphatic heterocycles. The van der Waals surface area contributed by atoms with E-state index >= 15 is 0 Å². The summed E-state index contributed by atoms with van der Waals surface area (Å²) in [4.78, 5) is 0. The number of rotatable bonds is 2. The van der Waals surface area contributed by atoms with Crippen molar-refractivity contribution in [3.8, 4) is 0 Å². The molecule has 2 nitrogen and oxygen atoms in total. The number of benzene rings is 1. The van der Waals surface area contributed by atoms with E-state index in [-0.39, 0.29) is 5.82 Å². The van der Waals surface area contributed by atoms with Gasteiger partial charge in [0.25, 0.3) is 0 Å². The Morgan fingerprint density at radius 3 is 2.86 bits per heavy atom. The summed E-state index contributed by atoms with van der Waals surface area (Å²) in [6.45, 7) is 0. The summed E-state index contributed by atoms with van der Waals surface area (Å²) in [5.74, 6) is -0.238. The first-order valence-corrected chi connectivity index (χ1v) is 5.16. The quantitative estimate of drug-likeness (QED) is 0.790. The molecular formula is C9H6ClFN2S. The minimum Gasteiger partial charge on any atom is -0.207 e. The van der Waals surface area contributed by atoms with E-state index in [1.54, 1.807) is 6.07 Å². The summed E-state index contributed by atoms with van der Waals surface area (Å²) >= 11 is 6.94. The summed E-state index contributed by atoms with van der Waals surface area (Å²) in [5, 5.41) is 8.32. The van der Waals surface area contributed by atoms with Gasteiger partial charge in [-0.15, -0.1) is 10.2 Å². The van der Waals surface area contributed by atoms with Gasteiger partial charge in [0, 0.05) is 6.42 Å². The number of hydrogen-bond acceptors (Lipinski definition) is 3. The monoisotopic (exact) mass is 228 g/mol. The molecule has 0 saturated heterocycles. The normalized spacial score (nSPS) is 10.4. The highest BCUT2D eigenvalue weighted by molar-refractivity contribution is 7.15. The second-order valence-electron chi connectivity index (χ2n) is 2.76. The molecule has 2 aromatic rings. The van der Waals surface area contributed by atoms with Crippen LogP contribution in [0.4, 0.5) is 4.39 Å². The molecule has 0 spiro atoms. The second kappa shape index (κ2) is 4.02. The standard InChI is InChI=1S/C9H6ClFN2S/c10-9-13-12-8(14-9)5-6-2-1-3-7(11)4-6/h1-4H,5H2. The molecular weight excluding hydrogens is 223 g/mol. The number of halogens is 2. The van der Waals surface area contributed by atoms with Crippen LogP contribution in [0.25, 0.3) is 0 Å². The van der Waals surface area contributed by atoms with E-state index in [4.69, 9.17) is 11.6 Å². The van der Waals surface area contributed by atoms with E-state index < -0.39 is 0 Å². The highest BCUT2D eigenvalue weighted by Gasteiger charge is 2.03. The second-order valence-corrected chi connectivity index (χ2v) is 4.40. The van der Waals surface area contributed by atoms with Gasteiger partial charge in [0.15, 0.2) is 0 Å². The maximum absolute atomic E-state index is 12.8. The Bertz CT molecular complexity index is 444. The lowest BCUT2D eigenvalue weighted by molar-refractivity contribution is 0.626. The van der Waals surface area contributed by atoms with Crippen LogP contribution in [0, 0.1) is 5.82 Å². The van der Waals surface area contributed by atoms with Crippen molar-refractivity contribution in [3.05, 3.63) is 45.1 Å². The fourth-order valence-corrected chi connectivity index (χ4v) is 2.03. The van der Waals surface area contributed by atoms with E-state index in [1.165, 1.54) is 23.5 Å². The Balaban J connectivity index is 2.18. The van der Waals surface area contributed by atoms with Gasteiger partial charge in [0.1, 0.15) is 10.8 Å². The minimum absolute atomic E-state index is 0.238. The lowest BCUT2D eigenvalue weighted by atomic mass is 10.1. The maximum Gasteiger partial charge on any atom is 0.207 e. The number of hydrogen-bond donors (Lipinski definition) is 0. The van der Waals surface area contributed by atoms with Gasteiger partial charge < -0.3 is 0 Å². The van der Waals surface area contributed by atoms with E-state index in [1.807, 2.05) is 6.07 Å². The fourth-order valence-electron chi connectivity index (χ4n) is 1.13. The molecule has 0 fully saturated rings. The molecule has 0 radical (unpaired) electrons. The van der Waals surface area contributed by atoms with Crippen molar-refractivity contribution >= 4 is 22.9 Å². The van der Waals surface area contributed by atoms with Crippen LogP contribution in [0.15, 0.2) is 24.3 Å².